The number of nitrogen functional groups attached to an aromatic ring is 1. The zero-order valence-corrected chi connectivity index (χ0v) is 11.4. The molecule has 1 saturated heterocycles. The summed E-state index contributed by atoms with van der Waals surface area (Å²) in [6.07, 6.45) is 4.36. The van der Waals surface area contributed by atoms with Crippen molar-refractivity contribution in [1.82, 2.24) is 4.90 Å². The van der Waals surface area contributed by atoms with E-state index in [0.717, 1.165) is 32.4 Å². The van der Waals surface area contributed by atoms with Crippen molar-refractivity contribution < 1.29 is 9.18 Å². The molecule has 104 valence electrons. The summed E-state index contributed by atoms with van der Waals surface area (Å²) in [6, 6.07) is 3.97. The molecule has 1 amide bonds. The number of anilines is 1. The van der Waals surface area contributed by atoms with E-state index in [2.05, 4.69) is 6.92 Å². The average molecular weight is 264 g/mol. The molecule has 1 aliphatic heterocycles. The summed E-state index contributed by atoms with van der Waals surface area (Å²) in [6.45, 7) is 3.67. The summed E-state index contributed by atoms with van der Waals surface area (Å²) in [7, 11) is 0. The van der Waals surface area contributed by atoms with Crippen LogP contribution in [0.5, 0.6) is 0 Å². The van der Waals surface area contributed by atoms with E-state index in [-0.39, 0.29) is 11.5 Å². The Kier molecular flexibility index (Phi) is 4.40. The second-order valence-electron chi connectivity index (χ2n) is 5.23. The molecule has 2 N–H and O–H groups in total. The Bertz CT molecular complexity index is 461. The molecule has 2 rings (SSSR count). The van der Waals surface area contributed by atoms with Gasteiger partial charge in [0.25, 0.3) is 5.91 Å². The highest BCUT2D eigenvalue weighted by atomic mass is 19.1. The summed E-state index contributed by atoms with van der Waals surface area (Å²) in [5, 5.41) is 0. The summed E-state index contributed by atoms with van der Waals surface area (Å²) in [5.41, 5.74) is 6.41. The van der Waals surface area contributed by atoms with Crippen LogP contribution in [0.25, 0.3) is 0 Å². The SMILES string of the molecule is CCC1CCCN(C(=O)c2cc(F)ccc2N)CC1. The van der Waals surface area contributed by atoms with Crippen molar-refractivity contribution in [3.8, 4) is 0 Å². The standard InChI is InChI=1S/C15H21FN2O/c1-2-11-4-3-8-18(9-7-11)15(19)13-10-12(16)5-6-14(13)17/h5-6,10-11H,2-4,7-9,17H2,1H3. The van der Waals surface area contributed by atoms with Crippen LogP contribution in [-0.4, -0.2) is 23.9 Å². The number of halogens is 1. The molecule has 1 heterocycles. The molecule has 3 nitrogen and oxygen atoms in total. The van der Waals surface area contributed by atoms with Gasteiger partial charge in [0.15, 0.2) is 0 Å². The predicted molar refractivity (Wildman–Crippen MR) is 74.3 cm³/mol. The maximum absolute atomic E-state index is 13.2. The summed E-state index contributed by atoms with van der Waals surface area (Å²) < 4.78 is 13.2. The van der Waals surface area contributed by atoms with Crippen molar-refractivity contribution in [3.63, 3.8) is 0 Å². The molecule has 0 bridgehead atoms. The van der Waals surface area contributed by atoms with Gasteiger partial charge in [-0.15, -0.1) is 0 Å². The lowest BCUT2D eigenvalue weighted by Crippen LogP contribution is -2.32. The first-order chi connectivity index (χ1) is 9.11. The molecule has 0 aliphatic carbocycles. The molecule has 4 heteroatoms. The molecule has 1 fully saturated rings. The summed E-state index contributed by atoms with van der Waals surface area (Å²) in [5.74, 6) is 0.134. The minimum Gasteiger partial charge on any atom is -0.398 e. The predicted octanol–water partition coefficient (Wildman–Crippen LogP) is 3.06. The molecule has 1 atom stereocenters. The normalized spacial score (nSPS) is 20.1. The Morgan fingerprint density at radius 2 is 2.21 bits per heavy atom. The molecule has 1 aromatic carbocycles. The van der Waals surface area contributed by atoms with E-state index in [1.54, 1.807) is 4.90 Å². The Balaban J connectivity index is 2.13. The van der Waals surface area contributed by atoms with E-state index in [9.17, 15) is 9.18 Å². The fourth-order valence-corrected chi connectivity index (χ4v) is 2.66. The second-order valence-corrected chi connectivity index (χ2v) is 5.23. The van der Waals surface area contributed by atoms with Gasteiger partial charge in [-0.3, -0.25) is 4.79 Å². The monoisotopic (exact) mass is 264 g/mol. The van der Waals surface area contributed by atoms with Crippen LogP contribution >= 0.6 is 0 Å². The maximum atomic E-state index is 13.2. The van der Waals surface area contributed by atoms with Gasteiger partial charge in [-0.25, -0.2) is 4.39 Å². The highest BCUT2D eigenvalue weighted by molar-refractivity contribution is 5.99. The van der Waals surface area contributed by atoms with E-state index >= 15 is 0 Å². The van der Waals surface area contributed by atoms with Crippen molar-refractivity contribution in [3.05, 3.63) is 29.6 Å². The Hall–Kier alpha value is -1.58. The number of benzene rings is 1. The zero-order chi connectivity index (χ0) is 13.8. The van der Waals surface area contributed by atoms with Gasteiger partial charge in [0.2, 0.25) is 0 Å². The lowest BCUT2D eigenvalue weighted by molar-refractivity contribution is 0.0760. The quantitative estimate of drug-likeness (QED) is 0.834. The lowest BCUT2D eigenvalue weighted by atomic mass is 9.98. The lowest BCUT2D eigenvalue weighted by Gasteiger charge is -2.21. The highest BCUT2D eigenvalue weighted by Gasteiger charge is 2.22. The third-order valence-corrected chi connectivity index (χ3v) is 3.96. The molecule has 0 aromatic heterocycles. The third kappa shape index (κ3) is 3.25. The van der Waals surface area contributed by atoms with E-state index in [0.29, 0.717) is 11.6 Å². The van der Waals surface area contributed by atoms with Crippen LogP contribution in [0.3, 0.4) is 0 Å². The van der Waals surface area contributed by atoms with Gasteiger partial charge >= 0.3 is 0 Å². The maximum Gasteiger partial charge on any atom is 0.256 e. The van der Waals surface area contributed by atoms with Crippen molar-refractivity contribution in [2.75, 3.05) is 18.8 Å². The number of nitrogens with zero attached hydrogens (tertiary/aromatic N) is 1. The van der Waals surface area contributed by atoms with Crippen LogP contribution in [0.2, 0.25) is 0 Å². The van der Waals surface area contributed by atoms with Crippen molar-refractivity contribution in [2.24, 2.45) is 5.92 Å². The molecular weight excluding hydrogens is 243 g/mol. The van der Waals surface area contributed by atoms with Crippen molar-refractivity contribution in [2.45, 2.75) is 32.6 Å². The molecule has 0 spiro atoms. The fraction of sp³-hybridized carbons (Fsp3) is 0.533. The number of likely N-dealkylation sites (tertiary alicyclic amines) is 1. The van der Waals surface area contributed by atoms with Gasteiger partial charge in [-0.1, -0.05) is 13.3 Å². The van der Waals surface area contributed by atoms with Gasteiger partial charge in [-0.05, 0) is 43.4 Å². The molecule has 0 saturated carbocycles. The van der Waals surface area contributed by atoms with E-state index in [1.165, 1.54) is 24.6 Å². The topological polar surface area (TPSA) is 46.3 Å². The second kappa shape index (κ2) is 6.04. The Morgan fingerprint density at radius 3 is 2.95 bits per heavy atom. The average Bonchev–Trinajstić information content (AvgIpc) is 2.66. The van der Waals surface area contributed by atoms with Crippen LogP contribution < -0.4 is 5.73 Å². The Morgan fingerprint density at radius 1 is 1.42 bits per heavy atom. The number of carbonyl (C=O) groups excluding carboxylic acids is 1. The van der Waals surface area contributed by atoms with Crippen LogP contribution in [0.15, 0.2) is 18.2 Å². The number of hydrogen-bond donors (Lipinski definition) is 1. The fourth-order valence-electron chi connectivity index (χ4n) is 2.66. The molecule has 1 aliphatic rings. The molecule has 1 unspecified atom stereocenters. The van der Waals surface area contributed by atoms with Gasteiger partial charge < -0.3 is 10.6 Å². The van der Waals surface area contributed by atoms with Crippen molar-refractivity contribution in [1.29, 1.82) is 0 Å². The van der Waals surface area contributed by atoms with Crippen molar-refractivity contribution >= 4 is 11.6 Å². The summed E-state index contributed by atoms with van der Waals surface area (Å²) in [4.78, 5) is 14.2. The van der Waals surface area contributed by atoms with Crippen LogP contribution in [-0.2, 0) is 0 Å². The van der Waals surface area contributed by atoms with E-state index < -0.39 is 5.82 Å². The first-order valence-electron chi connectivity index (χ1n) is 6.96. The van der Waals surface area contributed by atoms with Gasteiger partial charge in [0.05, 0.1) is 5.56 Å². The van der Waals surface area contributed by atoms with Gasteiger partial charge in [0, 0.05) is 18.8 Å². The van der Waals surface area contributed by atoms with E-state index in [4.69, 9.17) is 5.73 Å². The number of carbonyl (C=O) groups is 1. The van der Waals surface area contributed by atoms with Gasteiger partial charge in [-0.2, -0.15) is 0 Å². The number of nitrogens with two attached hydrogens (primary N) is 1. The number of amides is 1. The molecule has 19 heavy (non-hydrogen) atoms. The van der Waals surface area contributed by atoms with Crippen LogP contribution in [0, 0.1) is 11.7 Å². The highest BCUT2D eigenvalue weighted by Crippen LogP contribution is 2.23. The van der Waals surface area contributed by atoms with Crippen LogP contribution in [0.4, 0.5) is 10.1 Å². The molecule has 0 radical (unpaired) electrons. The largest absolute Gasteiger partial charge is 0.398 e. The molecule has 1 aromatic rings. The molecular formula is C15H21FN2O. The number of rotatable bonds is 2. The minimum absolute atomic E-state index is 0.145. The zero-order valence-electron chi connectivity index (χ0n) is 11.4. The van der Waals surface area contributed by atoms with Crippen LogP contribution in [0.1, 0.15) is 43.0 Å². The minimum atomic E-state index is -0.418. The third-order valence-electron chi connectivity index (χ3n) is 3.96. The summed E-state index contributed by atoms with van der Waals surface area (Å²) >= 11 is 0. The van der Waals surface area contributed by atoms with E-state index in [1.807, 2.05) is 0 Å². The smallest absolute Gasteiger partial charge is 0.256 e. The first-order valence-corrected chi connectivity index (χ1v) is 6.96. The van der Waals surface area contributed by atoms with Gasteiger partial charge in [0.1, 0.15) is 5.82 Å². The Labute approximate surface area is 113 Å². The number of hydrogen-bond acceptors (Lipinski definition) is 2. The first kappa shape index (κ1) is 13.8.